The van der Waals surface area contributed by atoms with E-state index in [0.29, 0.717) is 22.9 Å². The molecule has 192 valence electrons. The van der Waals surface area contributed by atoms with Crippen LogP contribution in [0.1, 0.15) is 25.2 Å². The molecular formula is C36H28N4. The van der Waals surface area contributed by atoms with Crippen LogP contribution in [0, 0.1) is 0 Å². The molecule has 0 N–H and O–H groups in total. The molecule has 0 saturated carbocycles. The van der Waals surface area contributed by atoms with Gasteiger partial charge in [-0.2, -0.15) is 0 Å². The summed E-state index contributed by atoms with van der Waals surface area (Å²) >= 11 is 0. The number of hydrogen-bond acceptors (Lipinski definition) is 4. The average molecular weight is 517 g/mol. The summed E-state index contributed by atoms with van der Waals surface area (Å²) in [5.41, 5.74) is 6.86. The van der Waals surface area contributed by atoms with Crippen LogP contribution in [-0.4, -0.2) is 19.9 Å². The fraction of sp³-hybridized carbons (Fsp3) is 0.0556. The van der Waals surface area contributed by atoms with Crippen LogP contribution in [0.4, 0.5) is 0 Å². The number of allylic oxidation sites excluding steroid dienone is 4. The molecular weight excluding hydrogens is 488 g/mol. The molecule has 0 aliphatic carbocycles. The normalized spacial score (nSPS) is 11.6. The lowest BCUT2D eigenvalue weighted by atomic mass is 10.0. The summed E-state index contributed by atoms with van der Waals surface area (Å²) < 4.78 is 0. The largest absolute Gasteiger partial charge is 0.226 e. The van der Waals surface area contributed by atoms with E-state index in [9.17, 15) is 0 Å². The van der Waals surface area contributed by atoms with Gasteiger partial charge < -0.3 is 0 Å². The van der Waals surface area contributed by atoms with E-state index >= 15 is 0 Å². The summed E-state index contributed by atoms with van der Waals surface area (Å²) in [6, 6.07) is 33.3. The molecule has 0 aliphatic rings. The highest BCUT2D eigenvalue weighted by Crippen LogP contribution is 2.30. The Labute approximate surface area is 234 Å². The Morgan fingerprint density at radius 2 is 1.07 bits per heavy atom. The Bertz CT molecular complexity index is 1840. The number of fused-ring (bicyclic) bond motifs is 2. The third-order valence-electron chi connectivity index (χ3n) is 7.16. The van der Waals surface area contributed by atoms with Crippen molar-refractivity contribution < 1.29 is 0 Å². The lowest BCUT2D eigenvalue weighted by Crippen LogP contribution is -2.03. The van der Waals surface area contributed by atoms with Gasteiger partial charge in [-0.3, -0.25) is 0 Å². The van der Waals surface area contributed by atoms with Crippen molar-refractivity contribution in [3.8, 4) is 34.2 Å². The van der Waals surface area contributed by atoms with Gasteiger partial charge in [-0.25, -0.2) is 19.9 Å². The molecule has 0 spiro atoms. The number of aromatic nitrogens is 4. The molecule has 6 rings (SSSR count). The van der Waals surface area contributed by atoms with Crippen LogP contribution in [0.5, 0.6) is 0 Å². The van der Waals surface area contributed by atoms with Gasteiger partial charge in [-0.15, -0.1) is 0 Å². The summed E-state index contributed by atoms with van der Waals surface area (Å²) in [6.07, 6.45) is 3.76. The molecule has 6 aromatic rings. The van der Waals surface area contributed by atoms with Gasteiger partial charge in [0.15, 0.2) is 11.6 Å². The van der Waals surface area contributed by atoms with Crippen LogP contribution in [0.25, 0.3) is 66.9 Å². The van der Waals surface area contributed by atoms with Crippen molar-refractivity contribution >= 4 is 32.7 Å². The maximum Gasteiger partial charge on any atom is 0.198 e. The van der Waals surface area contributed by atoms with Crippen LogP contribution < -0.4 is 0 Å². The molecule has 4 heteroatoms. The van der Waals surface area contributed by atoms with E-state index in [0.717, 1.165) is 44.6 Å². The van der Waals surface area contributed by atoms with Crippen LogP contribution >= 0.6 is 0 Å². The highest BCUT2D eigenvalue weighted by Gasteiger charge is 2.16. The maximum atomic E-state index is 4.99. The van der Waals surface area contributed by atoms with E-state index in [-0.39, 0.29) is 0 Å². The van der Waals surface area contributed by atoms with Crippen LogP contribution in [0.15, 0.2) is 122 Å². The maximum absolute atomic E-state index is 4.99. The molecule has 0 atom stereocenters. The minimum absolute atomic E-state index is 0.441. The smallest absolute Gasteiger partial charge is 0.198 e. The SMILES string of the molecule is C=CC(=C)c1cc(-c2ccc3ccccc3c2)nc(-c2nc(C(C)=CC)cc(-c3ccc4ccccc4c3)n2)n1. The summed E-state index contributed by atoms with van der Waals surface area (Å²) in [5, 5.41) is 4.66. The second kappa shape index (κ2) is 10.5. The van der Waals surface area contributed by atoms with E-state index in [2.05, 4.69) is 73.8 Å². The first-order valence-electron chi connectivity index (χ1n) is 13.2. The van der Waals surface area contributed by atoms with E-state index in [4.69, 9.17) is 19.9 Å². The van der Waals surface area contributed by atoms with Gasteiger partial charge in [-0.05, 0) is 70.8 Å². The predicted molar refractivity (Wildman–Crippen MR) is 167 cm³/mol. The number of benzene rings is 4. The Morgan fingerprint density at radius 1 is 0.600 bits per heavy atom. The van der Waals surface area contributed by atoms with Gasteiger partial charge in [0.2, 0.25) is 0 Å². The minimum Gasteiger partial charge on any atom is -0.226 e. The highest BCUT2D eigenvalue weighted by atomic mass is 15.0. The summed E-state index contributed by atoms with van der Waals surface area (Å²) in [7, 11) is 0. The quantitative estimate of drug-likeness (QED) is 0.207. The standard InChI is InChI=1S/C36H28N4/c1-5-23(3)31-21-33(29-17-15-25-11-7-9-13-27(25)19-29)39-35(37-31)36-38-32(24(4)6-2)22-34(40-36)30-18-16-26-12-8-10-14-28(26)20-30/h5-22H,1,3H2,2,4H3. The molecule has 2 aromatic heterocycles. The number of rotatable bonds is 6. The summed E-state index contributed by atoms with van der Waals surface area (Å²) in [6.45, 7) is 12.1. The third kappa shape index (κ3) is 4.83. The Kier molecular flexibility index (Phi) is 6.59. The highest BCUT2D eigenvalue weighted by molar-refractivity contribution is 5.88. The molecule has 40 heavy (non-hydrogen) atoms. The second-order valence-electron chi connectivity index (χ2n) is 9.75. The van der Waals surface area contributed by atoms with Crippen LogP contribution in [0.2, 0.25) is 0 Å². The zero-order valence-electron chi connectivity index (χ0n) is 22.6. The number of hydrogen-bond donors (Lipinski definition) is 0. The summed E-state index contributed by atoms with van der Waals surface area (Å²) in [4.78, 5) is 19.7. The van der Waals surface area contributed by atoms with Crippen molar-refractivity contribution in [2.45, 2.75) is 13.8 Å². The second-order valence-corrected chi connectivity index (χ2v) is 9.75. The molecule has 0 unspecified atom stereocenters. The van der Waals surface area contributed by atoms with Crippen molar-refractivity contribution in [3.63, 3.8) is 0 Å². The first kappa shape index (κ1) is 25.1. The fourth-order valence-corrected chi connectivity index (χ4v) is 4.71. The molecule has 0 bridgehead atoms. The van der Waals surface area contributed by atoms with Crippen molar-refractivity contribution in [2.75, 3.05) is 0 Å². The Balaban J connectivity index is 1.55. The third-order valence-corrected chi connectivity index (χ3v) is 7.16. The predicted octanol–water partition coefficient (Wildman–Crippen LogP) is 9.20. The van der Waals surface area contributed by atoms with Crippen molar-refractivity contribution in [3.05, 3.63) is 134 Å². The van der Waals surface area contributed by atoms with Gasteiger partial charge in [0.05, 0.1) is 22.8 Å². The first-order chi connectivity index (χ1) is 19.5. The fourth-order valence-electron chi connectivity index (χ4n) is 4.71. The molecule has 0 amide bonds. The van der Waals surface area contributed by atoms with Gasteiger partial charge >= 0.3 is 0 Å². The lowest BCUT2D eigenvalue weighted by Gasteiger charge is -2.12. The first-order valence-corrected chi connectivity index (χ1v) is 13.2. The van der Waals surface area contributed by atoms with E-state index < -0.39 is 0 Å². The van der Waals surface area contributed by atoms with E-state index in [1.165, 1.54) is 10.8 Å². The molecule has 0 aliphatic heterocycles. The van der Waals surface area contributed by atoms with Gasteiger partial charge in [0.1, 0.15) is 0 Å². The molecule has 0 radical (unpaired) electrons. The molecule has 2 heterocycles. The van der Waals surface area contributed by atoms with E-state index in [1.807, 2.05) is 56.3 Å². The lowest BCUT2D eigenvalue weighted by molar-refractivity contribution is 1.06. The van der Waals surface area contributed by atoms with E-state index in [1.54, 1.807) is 6.08 Å². The minimum atomic E-state index is 0.441. The Morgan fingerprint density at radius 3 is 1.57 bits per heavy atom. The van der Waals surface area contributed by atoms with Crippen LogP contribution in [0.3, 0.4) is 0 Å². The zero-order chi connectivity index (χ0) is 27.6. The molecule has 0 fully saturated rings. The zero-order valence-corrected chi connectivity index (χ0v) is 22.6. The van der Waals surface area contributed by atoms with Crippen molar-refractivity contribution in [2.24, 2.45) is 0 Å². The van der Waals surface area contributed by atoms with Gasteiger partial charge in [-0.1, -0.05) is 98.1 Å². The van der Waals surface area contributed by atoms with Crippen molar-refractivity contribution in [1.29, 1.82) is 0 Å². The molecule has 4 aromatic carbocycles. The molecule has 0 saturated heterocycles. The summed E-state index contributed by atoms with van der Waals surface area (Å²) in [5.74, 6) is 0.902. The van der Waals surface area contributed by atoms with Crippen LogP contribution in [-0.2, 0) is 0 Å². The molecule has 4 nitrogen and oxygen atoms in total. The van der Waals surface area contributed by atoms with Gasteiger partial charge in [0, 0.05) is 11.1 Å². The van der Waals surface area contributed by atoms with Gasteiger partial charge in [0.25, 0.3) is 0 Å². The Hall–Kier alpha value is -5.22. The topological polar surface area (TPSA) is 51.6 Å². The average Bonchev–Trinajstić information content (AvgIpc) is 3.03. The monoisotopic (exact) mass is 516 g/mol. The number of nitrogens with zero attached hydrogens (tertiary/aromatic N) is 4. The van der Waals surface area contributed by atoms with Crippen molar-refractivity contribution in [1.82, 2.24) is 19.9 Å².